The number of amides is 2. The van der Waals surface area contributed by atoms with Gasteiger partial charge in [-0.25, -0.2) is 9.78 Å². The van der Waals surface area contributed by atoms with E-state index < -0.39 is 0 Å². The van der Waals surface area contributed by atoms with Crippen molar-refractivity contribution in [2.45, 2.75) is 33.1 Å². The van der Waals surface area contributed by atoms with Crippen molar-refractivity contribution in [2.24, 2.45) is 0 Å². The molecule has 1 fully saturated rings. The molecule has 8 heteroatoms. The third kappa shape index (κ3) is 4.27. The lowest BCUT2D eigenvalue weighted by molar-refractivity contribution is 0.208. The first kappa shape index (κ1) is 18.9. The molecule has 2 aromatic rings. The number of hydrogen-bond donors (Lipinski definition) is 1. The monoisotopic (exact) mass is 393 g/mol. The Morgan fingerprint density at radius 2 is 1.92 bits per heavy atom. The highest BCUT2D eigenvalue weighted by molar-refractivity contribution is 7.09. The number of halogens is 1. The Bertz CT molecular complexity index is 793. The van der Waals surface area contributed by atoms with Crippen molar-refractivity contribution >= 4 is 40.0 Å². The number of nitrogens with one attached hydrogen (secondary N) is 1. The summed E-state index contributed by atoms with van der Waals surface area (Å²) in [5.41, 5.74) is 1.66. The van der Waals surface area contributed by atoms with Crippen molar-refractivity contribution < 1.29 is 4.79 Å². The number of nitrogens with zero attached hydrogens (tertiary/aromatic N) is 4. The van der Waals surface area contributed by atoms with Gasteiger partial charge in [0.1, 0.15) is 5.82 Å². The number of hydrogen-bond acceptors (Lipinski definition) is 5. The van der Waals surface area contributed by atoms with Gasteiger partial charge in [0.15, 0.2) is 0 Å². The molecule has 3 rings (SSSR count). The maximum absolute atomic E-state index is 12.5. The van der Waals surface area contributed by atoms with E-state index in [9.17, 15) is 4.79 Å². The van der Waals surface area contributed by atoms with Gasteiger partial charge in [0.05, 0.1) is 0 Å². The molecular formula is C18H24ClN5OS. The van der Waals surface area contributed by atoms with Crippen LogP contribution in [-0.2, 0) is 5.41 Å². The number of carbonyl (C=O) groups is 1. The van der Waals surface area contributed by atoms with Crippen LogP contribution in [0.25, 0.3) is 0 Å². The molecule has 2 amide bonds. The lowest BCUT2D eigenvalue weighted by Gasteiger charge is -2.34. The van der Waals surface area contributed by atoms with Gasteiger partial charge in [0, 0.05) is 53.8 Å². The molecule has 26 heavy (non-hydrogen) atoms. The van der Waals surface area contributed by atoms with Crippen LogP contribution in [0.5, 0.6) is 0 Å². The molecule has 0 radical (unpaired) electrons. The average molecular weight is 394 g/mol. The lowest BCUT2D eigenvalue weighted by atomic mass is 9.96. The number of anilines is 2. The summed E-state index contributed by atoms with van der Waals surface area (Å²) in [5, 5.41) is 4.50. The number of aryl methyl sites for hydroxylation is 1. The summed E-state index contributed by atoms with van der Waals surface area (Å²) >= 11 is 7.55. The molecule has 1 aromatic heterocycles. The van der Waals surface area contributed by atoms with Crippen LogP contribution in [0.4, 0.5) is 15.6 Å². The number of rotatable bonds is 2. The molecule has 1 saturated heterocycles. The van der Waals surface area contributed by atoms with Crippen molar-refractivity contribution in [1.29, 1.82) is 0 Å². The Morgan fingerprint density at radius 1 is 1.23 bits per heavy atom. The molecular weight excluding hydrogens is 370 g/mol. The number of benzene rings is 1. The molecule has 1 N–H and O–H groups in total. The smallest absolute Gasteiger partial charge is 0.321 e. The Balaban J connectivity index is 1.57. The largest absolute Gasteiger partial charge is 0.343 e. The minimum absolute atomic E-state index is 0.0498. The zero-order valence-electron chi connectivity index (χ0n) is 15.5. The van der Waals surface area contributed by atoms with E-state index in [0.29, 0.717) is 23.8 Å². The minimum atomic E-state index is -0.0998. The third-order valence-electron chi connectivity index (χ3n) is 4.35. The quantitative estimate of drug-likeness (QED) is 0.832. The van der Waals surface area contributed by atoms with Crippen LogP contribution in [0.15, 0.2) is 18.2 Å². The van der Waals surface area contributed by atoms with Crippen LogP contribution < -0.4 is 10.2 Å². The van der Waals surface area contributed by atoms with Crippen molar-refractivity contribution in [3.05, 3.63) is 34.6 Å². The molecule has 1 aromatic carbocycles. The van der Waals surface area contributed by atoms with Crippen LogP contribution in [0.2, 0.25) is 5.02 Å². The molecule has 2 heterocycles. The van der Waals surface area contributed by atoms with Crippen LogP contribution in [0.3, 0.4) is 0 Å². The second-order valence-electron chi connectivity index (χ2n) is 7.52. The lowest BCUT2D eigenvalue weighted by Crippen LogP contribution is -2.50. The Hall–Kier alpha value is -1.86. The maximum Gasteiger partial charge on any atom is 0.321 e. The first-order valence-corrected chi connectivity index (χ1v) is 9.80. The third-order valence-corrected chi connectivity index (χ3v) is 5.53. The molecule has 0 unspecified atom stereocenters. The standard InChI is InChI=1S/C18H24ClN5OS/c1-12-5-6-13(11-14(12)19)20-16(25)23-7-9-24(10-8-23)17-21-15(22-26-17)18(2,3)4/h5-6,11H,7-10H2,1-4H3,(H,20,25). The molecule has 1 aliphatic heterocycles. The molecule has 6 nitrogen and oxygen atoms in total. The van der Waals surface area contributed by atoms with E-state index in [-0.39, 0.29) is 11.4 Å². The van der Waals surface area contributed by atoms with E-state index in [1.165, 1.54) is 11.5 Å². The molecule has 140 valence electrons. The van der Waals surface area contributed by atoms with Crippen LogP contribution in [0.1, 0.15) is 32.2 Å². The zero-order valence-corrected chi connectivity index (χ0v) is 17.1. The van der Waals surface area contributed by atoms with Crippen LogP contribution in [-0.4, -0.2) is 46.5 Å². The summed E-state index contributed by atoms with van der Waals surface area (Å²) in [6, 6.07) is 5.44. The predicted molar refractivity (Wildman–Crippen MR) is 108 cm³/mol. The van der Waals surface area contributed by atoms with Gasteiger partial charge in [0.2, 0.25) is 5.13 Å². The van der Waals surface area contributed by atoms with Crippen LogP contribution in [0, 0.1) is 6.92 Å². The van der Waals surface area contributed by atoms with Gasteiger partial charge in [-0.2, -0.15) is 4.37 Å². The van der Waals surface area contributed by atoms with Gasteiger partial charge in [-0.1, -0.05) is 38.4 Å². The van der Waals surface area contributed by atoms with Crippen molar-refractivity contribution in [3.8, 4) is 0 Å². The first-order chi connectivity index (χ1) is 12.2. The number of urea groups is 1. The van der Waals surface area contributed by atoms with Gasteiger partial charge in [-0.05, 0) is 24.6 Å². The molecule has 0 saturated carbocycles. The predicted octanol–water partition coefficient (Wildman–Crippen LogP) is 4.15. The first-order valence-electron chi connectivity index (χ1n) is 8.65. The maximum atomic E-state index is 12.5. The zero-order chi connectivity index (χ0) is 18.9. The Morgan fingerprint density at radius 3 is 2.50 bits per heavy atom. The number of aromatic nitrogens is 2. The molecule has 1 aliphatic rings. The second-order valence-corrected chi connectivity index (χ2v) is 8.66. The summed E-state index contributed by atoms with van der Waals surface area (Å²) in [4.78, 5) is 21.1. The highest BCUT2D eigenvalue weighted by atomic mass is 35.5. The fraction of sp³-hybridized carbons (Fsp3) is 0.500. The summed E-state index contributed by atoms with van der Waals surface area (Å²) in [6.07, 6.45) is 0. The molecule has 0 aliphatic carbocycles. The summed E-state index contributed by atoms with van der Waals surface area (Å²) in [7, 11) is 0. The van der Waals surface area contributed by atoms with E-state index in [1.807, 2.05) is 24.0 Å². The molecule has 0 atom stereocenters. The van der Waals surface area contributed by atoms with Gasteiger partial charge < -0.3 is 15.1 Å². The minimum Gasteiger partial charge on any atom is -0.343 e. The highest BCUT2D eigenvalue weighted by Crippen LogP contribution is 2.26. The van der Waals surface area contributed by atoms with E-state index in [4.69, 9.17) is 11.6 Å². The van der Waals surface area contributed by atoms with Gasteiger partial charge in [-0.3, -0.25) is 0 Å². The number of carbonyl (C=O) groups excluding carboxylic acids is 1. The van der Waals surface area contributed by atoms with Crippen LogP contribution >= 0.6 is 23.1 Å². The molecule has 0 spiro atoms. The van der Waals surface area contributed by atoms with E-state index >= 15 is 0 Å². The fourth-order valence-electron chi connectivity index (χ4n) is 2.62. The normalized spacial score (nSPS) is 15.3. The summed E-state index contributed by atoms with van der Waals surface area (Å²) < 4.78 is 4.47. The van der Waals surface area contributed by atoms with Crippen molar-refractivity contribution in [1.82, 2.24) is 14.3 Å². The van der Waals surface area contributed by atoms with E-state index in [1.54, 1.807) is 6.07 Å². The fourth-order valence-corrected chi connectivity index (χ4v) is 3.71. The highest BCUT2D eigenvalue weighted by Gasteiger charge is 2.25. The van der Waals surface area contributed by atoms with Crippen molar-refractivity contribution in [2.75, 3.05) is 36.4 Å². The Labute approximate surface area is 163 Å². The van der Waals surface area contributed by atoms with E-state index in [0.717, 1.165) is 29.6 Å². The topological polar surface area (TPSA) is 61.4 Å². The van der Waals surface area contributed by atoms with E-state index in [2.05, 4.69) is 40.3 Å². The van der Waals surface area contributed by atoms with Crippen molar-refractivity contribution in [3.63, 3.8) is 0 Å². The summed E-state index contributed by atoms with van der Waals surface area (Å²) in [5.74, 6) is 0.869. The van der Waals surface area contributed by atoms with Gasteiger partial charge in [0.25, 0.3) is 0 Å². The second kappa shape index (κ2) is 7.40. The SMILES string of the molecule is Cc1ccc(NC(=O)N2CCN(c3nc(C(C)(C)C)ns3)CC2)cc1Cl. The Kier molecular flexibility index (Phi) is 5.39. The molecule has 0 bridgehead atoms. The number of piperazine rings is 1. The summed E-state index contributed by atoms with van der Waals surface area (Å²) in [6.45, 7) is 11.1. The van der Waals surface area contributed by atoms with Gasteiger partial charge in [-0.15, -0.1) is 0 Å². The van der Waals surface area contributed by atoms with Gasteiger partial charge >= 0.3 is 6.03 Å². The average Bonchev–Trinajstić information content (AvgIpc) is 3.09.